The van der Waals surface area contributed by atoms with Crippen LogP contribution in [0.5, 0.6) is 5.75 Å². The molecule has 8 heteroatoms. The minimum absolute atomic E-state index is 0.208. The van der Waals surface area contributed by atoms with E-state index in [1.165, 1.54) is 24.9 Å². The average molecular weight is 368 g/mol. The van der Waals surface area contributed by atoms with Crippen LogP contribution in [0.4, 0.5) is 5.69 Å². The Hall–Kier alpha value is -3.42. The summed E-state index contributed by atoms with van der Waals surface area (Å²) in [7, 11) is 4.53. The molecular formula is C19H20N4O4. The first-order chi connectivity index (χ1) is 12.9. The van der Waals surface area contributed by atoms with Crippen LogP contribution in [0.25, 0.3) is 11.0 Å². The summed E-state index contributed by atoms with van der Waals surface area (Å²) in [4.78, 5) is 41.0. The summed E-state index contributed by atoms with van der Waals surface area (Å²) < 4.78 is 7.39. The van der Waals surface area contributed by atoms with Crippen molar-refractivity contribution in [1.29, 1.82) is 0 Å². The standard InChI is InChI=1S/C19H20N4O4/c1-22-17-16(18(25)23(2)19(22)26)14(10-11-20-17)21-15(24)9-6-12-4-7-13(27-3)8-5-12/h4-5,7-8,10-11H,6,9H2,1-3H3,(H,20,21,24). The van der Waals surface area contributed by atoms with Crippen molar-refractivity contribution in [3.05, 3.63) is 62.9 Å². The molecule has 0 saturated heterocycles. The minimum atomic E-state index is -0.494. The van der Waals surface area contributed by atoms with Gasteiger partial charge in [-0.2, -0.15) is 0 Å². The van der Waals surface area contributed by atoms with Crippen LogP contribution < -0.4 is 21.3 Å². The molecule has 0 bridgehead atoms. The highest BCUT2D eigenvalue weighted by Crippen LogP contribution is 2.17. The van der Waals surface area contributed by atoms with Crippen molar-refractivity contribution in [2.75, 3.05) is 12.4 Å². The number of amides is 1. The minimum Gasteiger partial charge on any atom is -0.497 e. The highest BCUT2D eigenvalue weighted by atomic mass is 16.5. The van der Waals surface area contributed by atoms with E-state index in [2.05, 4.69) is 10.3 Å². The topological polar surface area (TPSA) is 95.2 Å². The van der Waals surface area contributed by atoms with Crippen LogP contribution in [-0.2, 0) is 25.3 Å². The lowest BCUT2D eigenvalue weighted by atomic mass is 10.1. The second-order valence-electron chi connectivity index (χ2n) is 6.16. The van der Waals surface area contributed by atoms with E-state index in [0.717, 1.165) is 15.9 Å². The molecule has 0 spiro atoms. The molecule has 2 aromatic heterocycles. The van der Waals surface area contributed by atoms with Gasteiger partial charge in [-0.15, -0.1) is 0 Å². The van der Waals surface area contributed by atoms with Gasteiger partial charge in [0.25, 0.3) is 5.56 Å². The fourth-order valence-corrected chi connectivity index (χ4v) is 2.85. The highest BCUT2D eigenvalue weighted by molar-refractivity contribution is 5.99. The van der Waals surface area contributed by atoms with Crippen LogP contribution in [0.2, 0.25) is 0 Å². The lowest BCUT2D eigenvalue weighted by Crippen LogP contribution is -2.37. The molecule has 0 aliphatic rings. The Morgan fingerprint density at radius 2 is 1.81 bits per heavy atom. The zero-order valence-corrected chi connectivity index (χ0v) is 15.4. The first kappa shape index (κ1) is 18.4. The Balaban J connectivity index is 1.82. The van der Waals surface area contributed by atoms with Gasteiger partial charge in [0.1, 0.15) is 11.1 Å². The Labute approximate surface area is 155 Å². The van der Waals surface area contributed by atoms with E-state index in [0.29, 0.717) is 12.1 Å². The van der Waals surface area contributed by atoms with E-state index >= 15 is 0 Å². The van der Waals surface area contributed by atoms with Gasteiger partial charge >= 0.3 is 5.69 Å². The zero-order valence-electron chi connectivity index (χ0n) is 15.4. The summed E-state index contributed by atoms with van der Waals surface area (Å²) in [5.74, 6) is 0.530. The molecule has 140 valence electrons. The van der Waals surface area contributed by atoms with Crippen molar-refractivity contribution in [2.45, 2.75) is 12.8 Å². The van der Waals surface area contributed by atoms with Crippen molar-refractivity contribution < 1.29 is 9.53 Å². The first-order valence-electron chi connectivity index (χ1n) is 8.40. The lowest BCUT2D eigenvalue weighted by molar-refractivity contribution is -0.116. The molecule has 2 heterocycles. The van der Waals surface area contributed by atoms with E-state index in [9.17, 15) is 14.4 Å². The van der Waals surface area contributed by atoms with Gasteiger partial charge in [0.2, 0.25) is 5.91 Å². The molecule has 0 aliphatic carbocycles. The molecule has 1 amide bonds. The summed E-state index contributed by atoms with van der Waals surface area (Å²) in [5, 5.41) is 2.97. The van der Waals surface area contributed by atoms with Gasteiger partial charge in [-0.1, -0.05) is 12.1 Å². The molecule has 27 heavy (non-hydrogen) atoms. The monoisotopic (exact) mass is 368 g/mol. The van der Waals surface area contributed by atoms with Crippen molar-refractivity contribution in [3.8, 4) is 5.75 Å². The molecule has 1 aromatic carbocycles. The van der Waals surface area contributed by atoms with E-state index in [4.69, 9.17) is 4.74 Å². The number of benzene rings is 1. The Morgan fingerprint density at radius 3 is 2.48 bits per heavy atom. The number of aromatic nitrogens is 3. The van der Waals surface area contributed by atoms with Gasteiger partial charge in [0.15, 0.2) is 5.65 Å². The summed E-state index contributed by atoms with van der Waals surface area (Å²) >= 11 is 0. The van der Waals surface area contributed by atoms with Crippen LogP contribution in [0.3, 0.4) is 0 Å². The molecule has 0 unspecified atom stereocenters. The molecule has 0 saturated carbocycles. The SMILES string of the molecule is COc1ccc(CCC(=O)Nc2ccnc3c2c(=O)n(C)c(=O)n3C)cc1. The number of rotatable bonds is 5. The molecule has 3 rings (SSSR count). The molecular weight excluding hydrogens is 348 g/mol. The maximum Gasteiger partial charge on any atom is 0.332 e. The van der Waals surface area contributed by atoms with E-state index in [1.807, 2.05) is 24.3 Å². The molecule has 0 aliphatic heterocycles. The first-order valence-corrected chi connectivity index (χ1v) is 8.40. The lowest BCUT2D eigenvalue weighted by Gasteiger charge is -2.11. The molecule has 1 N–H and O–H groups in total. The Kier molecular flexibility index (Phi) is 5.07. The number of anilines is 1. The third-order valence-corrected chi connectivity index (χ3v) is 4.41. The third-order valence-electron chi connectivity index (χ3n) is 4.41. The van der Waals surface area contributed by atoms with Gasteiger partial charge in [0.05, 0.1) is 12.8 Å². The van der Waals surface area contributed by atoms with E-state index in [1.54, 1.807) is 13.2 Å². The number of ether oxygens (including phenoxy) is 1. The quantitative estimate of drug-likeness (QED) is 0.730. The second-order valence-corrected chi connectivity index (χ2v) is 6.16. The highest BCUT2D eigenvalue weighted by Gasteiger charge is 2.15. The van der Waals surface area contributed by atoms with Crippen molar-refractivity contribution in [1.82, 2.24) is 14.1 Å². The number of nitrogens with zero attached hydrogens (tertiary/aromatic N) is 3. The van der Waals surface area contributed by atoms with Crippen LogP contribution in [-0.4, -0.2) is 27.1 Å². The van der Waals surface area contributed by atoms with Gasteiger partial charge in [-0.05, 0) is 30.2 Å². The number of nitrogens with one attached hydrogen (secondary N) is 1. The average Bonchev–Trinajstić information content (AvgIpc) is 2.69. The maximum absolute atomic E-state index is 12.5. The van der Waals surface area contributed by atoms with Gasteiger partial charge in [-0.3, -0.25) is 18.7 Å². The Morgan fingerprint density at radius 1 is 1.11 bits per heavy atom. The predicted molar refractivity (Wildman–Crippen MR) is 102 cm³/mol. The van der Waals surface area contributed by atoms with Crippen molar-refractivity contribution in [3.63, 3.8) is 0 Å². The summed E-state index contributed by atoms with van der Waals surface area (Å²) in [6.45, 7) is 0. The summed E-state index contributed by atoms with van der Waals surface area (Å²) in [5.41, 5.74) is 0.616. The molecule has 3 aromatic rings. The number of fused-ring (bicyclic) bond motifs is 1. The zero-order chi connectivity index (χ0) is 19.6. The number of pyridine rings is 1. The number of hydrogen-bond donors (Lipinski definition) is 1. The summed E-state index contributed by atoms with van der Waals surface area (Å²) in [6, 6.07) is 9.04. The number of aryl methyl sites for hydroxylation is 2. The van der Waals surface area contributed by atoms with E-state index in [-0.39, 0.29) is 23.4 Å². The number of methoxy groups -OCH3 is 1. The third kappa shape index (κ3) is 3.59. The van der Waals surface area contributed by atoms with E-state index < -0.39 is 11.2 Å². The number of carbonyl (C=O) groups is 1. The van der Waals surface area contributed by atoms with Gasteiger partial charge < -0.3 is 10.1 Å². The van der Waals surface area contributed by atoms with Crippen LogP contribution in [0, 0.1) is 0 Å². The predicted octanol–water partition coefficient (Wildman–Crippen LogP) is 1.21. The molecule has 8 nitrogen and oxygen atoms in total. The van der Waals surface area contributed by atoms with Crippen molar-refractivity contribution in [2.24, 2.45) is 14.1 Å². The number of carbonyl (C=O) groups excluding carboxylic acids is 1. The van der Waals surface area contributed by atoms with Gasteiger partial charge in [-0.25, -0.2) is 9.78 Å². The second kappa shape index (κ2) is 7.45. The largest absolute Gasteiger partial charge is 0.497 e. The molecule has 0 radical (unpaired) electrons. The molecule has 0 fully saturated rings. The normalized spacial score (nSPS) is 10.8. The smallest absolute Gasteiger partial charge is 0.332 e. The van der Waals surface area contributed by atoms with Crippen molar-refractivity contribution >= 4 is 22.6 Å². The summed E-state index contributed by atoms with van der Waals surface area (Å²) in [6.07, 6.45) is 2.26. The van der Waals surface area contributed by atoms with Crippen LogP contribution >= 0.6 is 0 Å². The van der Waals surface area contributed by atoms with Crippen LogP contribution in [0.15, 0.2) is 46.1 Å². The molecule has 0 atom stereocenters. The number of hydrogen-bond acceptors (Lipinski definition) is 5. The Bertz CT molecular complexity index is 1110. The fourth-order valence-electron chi connectivity index (χ4n) is 2.85. The fraction of sp³-hybridized carbons (Fsp3) is 0.263. The van der Waals surface area contributed by atoms with Gasteiger partial charge in [0, 0.05) is 26.7 Å². The maximum atomic E-state index is 12.5. The van der Waals surface area contributed by atoms with Crippen LogP contribution in [0.1, 0.15) is 12.0 Å².